The molecule has 1 aliphatic heterocycles. The molecule has 0 unspecified atom stereocenters. The number of nitrogens with zero attached hydrogens (tertiary/aromatic N) is 1. The molecule has 1 N–H and O–H groups in total. The molecule has 0 radical (unpaired) electrons. The highest BCUT2D eigenvalue weighted by Crippen LogP contribution is 2.41. The van der Waals surface area contributed by atoms with Crippen LogP contribution in [0.2, 0.25) is 0 Å². The Bertz CT molecular complexity index is 613. The first-order valence-corrected chi connectivity index (χ1v) is 7.75. The van der Waals surface area contributed by atoms with E-state index in [-0.39, 0.29) is 0 Å². The Morgan fingerprint density at radius 2 is 1.90 bits per heavy atom. The largest absolute Gasteiger partial charge is 0.457 e. The SMILES string of the molecule is c1ccc(Oc2ccc3c(c2)SNCN3C2CC2)cc1. The maximum Gasteiger partial charge on any atom is 0.128 e. The van der Waals surface area contributed by atoms with Gasteiger partial charge in [0.2, 0.25) is 0 Å². The van der Waals surface area contributed by atoms with Crippen molar-refractivity contribution in [3.05, 3.63) is 48.5 Å². The van der Waals surface area contributed by atoms with E-state index in [4.69, 9.17) is 4.74 Å². The van der Waals surface area contributed by atoms with Crippen LogP contribution >= 0.6 is 11.9 Å². The van der Waals surface area contributed by atoms with Crippen molar-refractivity contribution in [3.8, 4) is 11.5 Å². The summed E-state index contributed by atoms with van der Waals surface area (Å²) in [4.78, 5) is 3.70. The van der Waals surface area contributed by atoms with Gasteiger partial charge in [0.25, 0.3) is 0 Å². The molecule has 4 heteroatoms. The highest BCUT2D eigenvalue weighted by molar-refractivity contribution is 7.97. The zero-order valence-electron chi connectivity index (χ0n) is 11.1. The van der Waals surface area contributed by atoms with Gasteiger partial charge in [0.05, 0.1) is 12.4 Å². The lowest BCUT2D eigenvalue weighted by molar-refractivity contribution is 0.481. The fraction of sp³-hybridized carbons (Fsp3) is 0.250. The summed E-state index contributed by atoms with van der Waals surface area (Å²) in [5.41, 5.74) is 1.33. The first-order chi connectivity index (χ1) is 9.90. The molecule has 1 aliphatic carbocycles. The zero-order valence-corrected chi connectivity index (χ0v) is 11.9. The Hall–Kier alpha value is -1.65. The third-order valence-electron chi connectivity index (χ3n) is 3.62. The van der Waals surface area contributed by atoms with Gasteiger partial charge in [0, 0.05) is 10.9 Å². The highest BCUT2D eigenvalue weighted by atomic mass is 32.2. The molecule has 1 heterocycles. The maximum atomic E-state index is 5.90. The Morgan fingerprint density at radius 1 is 1.05 bits per heavy atom. The van der Waals surface area contributed by atoms with Crippen molar-refractivity contribution in [2.75, 3.05) is 11.6 Å². The molecular weight excluding hydrogens is 268 g/mol. The molecule has 0 spiro atoms. The number of fused-ring (bicyclic) bond motifs is 1. The van der Waals surface area contributed by atoms with Crippen LogP contribution in [0.1, 0.15) is 12.8 Å². The minimum Gasteiger partial charge on any atom is -0.457 e. The molecule has 0 bridgehead atoms. The van der Waals surface area contributed by atoms with E-state index >= 15 is 0 Å². The molecule has 1 saturated carbocycles. The summed E-state index contributed by atoms with van der Waals surface area (Å²) in [7, 11) is 0. The highest BCUT2D eigenvalue weighted by Gasteiger charge is 2.32. The predicted octanol–water partition coefficient (Wildman–Crippen LogP) is 4.02. The summed E-state index contributed by atoms with van der Waals surface area (Å²) in [5, 5.41) is 0. The molecule has 0 atom stereocenters. The van der Waals surface area contributed by atoms with Crippen LogP contribution in [0.5, 0.6) is 11.5 Å². The first kappa shape index (κ1) is 12.1. The summed E-state index contributed by atoms with van der Waals surface area (Å²) in [6, 6.07) is 17.0. The van der Waals surface area contributed by atoms with Crippen LogP contribution in [0.3, 0.4) is 0 Å². The number of rotatable bonds is 3. The molecular formula is C16H16N2OS. The predicted molar refractivity (Wildman–Crippen MR) is 82.3 cm³/mol. The van der Waals surface area contributed by atoms with Gasteiger partial charge in [0.1, 0.15) is 11.5 Å². The minimum absolute atomic E-state index is 0.725. The van der Waals surface area contributed by atoms with Crippen LogP contribution in [0.4, 0.5) is 5.69 Å². The molecule has 2 aromatic carbocycles. The zero-order chi connectivity index (χ0) is 13.4. The van der Waals surface area contributed by atoms with Crippen LogP contribution in [-0.4, -0.2) is 12.7 Å². The van der Waals surface area contributed by atoms with E-state index in [1.165, 1.54) is 23.4 Å². The molecule has 2 aromatic rings. The van der Waals surface area contributed by atoms with Gasteiger partial charge in [-0.3, -0.25) is 0 Å². The lowest BCUT2D eigenvalue weighted by Gasteiger charge is -2.31. The molecule has 20 heavy (non-hydrogen) atoms. The van der Waals surface area contributed by atoms with Crippen molar-refractivity contribution in [1.29, 1.82) is 0 Å². The second kappa shape index (κ2) is 5.04. The monoisotopic (exact) mass is 284 g/mol. The third-order valence-corrected chi connectivity index (χ3v) is 4.44. The van der Waals surface area contributed by atoms with Gasteiger partial charge in [-0.15, -0.1) is 0 Å². The van der Waals surface area contributed by atoms with Crippen LogP contribution in [0, 0.1) is 0 Å². The smallest absolute Gasteiger partial charge is 0.128 e. The van der Waals surface area contributed by atoms with Crippen molar-refractivity contribution in [2.45, 2.75) is 23.8 Å². The van der Waals surface area contributed by atoms with Gasteiger partial charge in [-0.1, -0.05) is 18.2 Å². The number of anilines is 1. The van der Waals surface area contributed by atoms with Gasteiger partial charge >= 0.3 is 0 Å². The van der Waals surface area contributed by atoms with Gasteiger partial charge < -0.3 is 9.64 Å². The van der Waals surface area contributed by atoms with Crippen LogP contribution < -0.4 is 14.4 Å². The molecule has 0 aromatic heterocycles. The van der Waals surface area contributed by atoms with Crippen molar-refractivity contribution >= 4 is 17.6 Å². The molecule has 1 fully saturated rings. The Kier molecular flexibility index (Phi) is 3.05. The van der Waals surface area contributed by atoms with Crippen molar-refractivity contribution in [2.24, 2.45) is 0 Å². The number of ether oxygens (including phenoxy) is 1. The maximum absolute atomic E-state index is 5.90. The molecule has 102 valence electrons. The van der Waals surface area contributed by atoms with E-state index < -0.39 is 0 Å². The summed E-state index contributed by atoms with van der Waals surface area (Å²) in [6.45, 7) is 0.932. The van der Waals surface area contributed by atoms with E-state index in [2.05, 4.69) is 27.8 Å². The number of nitrogens with one attached hydrogen (secondary N) is 1. The van der Waals surface area contributed by atoms with Gasteiger partial charge in [-0.25, -0.2) is 4.72 Å². The summed E-state index contributed by atoms with van der Waals surface area (Å²) in [5.74, 6) is 1.77. The fourth-order valence-corrected chi connectivity index (χ4v) is 3.30. The van der Waals surface area contributed by atoms with E-state index in [9.17, 15) is 0 Å². The number of hydrogen-bond acceptors (Lipinski definition) is 4. The van der Waals surface area contributed by atoms with E-state index in [0.717, 1.165) is 24.2 Å². The Morgan fingerprint density at radius 3 is 2.70 bits per heavy atom. The third kappa shape index (κ3) is 2.37. The molecule has 2 aliphatic rings. The minimum atomic E-state index is 0.725. The second-order valence-corrected chi connectivity index (χ2v) is 6.08. The van der Waals surface area contributed by atoms with Crippen molar-refractivity contribution in [1.82, 2.24) is 4.72 Å². The Balaban J connectivity index is 1.60. The first-order valence-electron chi connectivity index (χ1n) is 6.93. The Labute approximate surface area is 123 Å². The molecule has 0 amide bonds. The number of benzene rings is 2. The van der Waals surface area contributed by atoms with Gasteiger partial charge in [-0.2, -0.15) is 0 Å². The summed E-state index contributed by atoms with van der Waals surface area (Å²) in [6.07, 6.45) is 2.63. The lowest BCUT2D eigenvalue weighted by Crippen LogP contribution is -2.36. The van der Waals surface area contributed by atoms with E-state index in [0.29, 0.717) is 0 Å². The topological polar surface area (TPSA) is 24.5 Å². The normalized spacial score (nSPS) is 17.7. The quantitative estimate of drug-likeness (QED) is 0.861. The standard InChI is InChI=1S/C16H16N2OS/c1-2-4-13(5-3-1)19-14-8-9-15-16(10-14)20-17-11-18(15)12-6-7-12/h1-5,8-10,12,17H,6-7,11H2. The van der Waals surface area contributed by atoms with Crippen LogP contribution in [0.15, 0.2) is 53.4 Å². The second-order valence-electron chi connectivity index (χ2n) is 5.15. The van der Waals surface area contributed by atoms with Gasteiger partial charge in [-0.05, 0) is 55.1 Å². The average molecular weight is 284 g/mol. The summed E-state index contributed by atoms with van der Waals surface area (Å²) >= 11 is 1.69. The summed E-state index contributed by atoms with van der Waals surface area (Å²) < 4.78 is 9.29. The molecule has 3 nitrogen and oxygen atoms in total. The molecule has 0 saturated heterocycles. The number of hydrogen-bond donors (Lipinski definition) is 1. The lowest BCUT2D eigenvalue weighted by atomic mass is 10.2. The fourth-order valence-electron chi connectivity index (χ4n) is 2.48. The van der Waals surface area contributed by atoms with Gasteiger partial charge in [0.15, 0.2) is 0 Å². The van der Waals surface area contributed by atoms with Crippen molar-refractivity contribution in [3.63, 3.8) is 0 Å². The van der Waals surface area contributed by atoms with E-state index in [1.54, 1.807) is 11.9 Å². The van der Waals surface area contributed by atoms with E-state index in [1.807, 2.05) is 30.3 Å². The van der Waals surface area contributed by atoms with Crippen LogP contribution in [-0.2, 0) is 0 Å². The van der Waals surface area contributed by atoms with Crippen molar-refractivity contribution < 1.29 is 4.74 Å². The number of para-hydroxylation sites is 1. The molecule has 4 rings (SSSR count). The average Bonchev–Trinajstić information content (AvgIpc) is 3.32. The van der Waals surface area contributed by atoms with Crippen LogP contribution in [0.25, 0.3) is 0 Å².